The largest absolute Gasteiger partial charge is 0.309 e. The lowest BCUT2D eigenvalue weighted by atomic mass is 9.96. The predicted molar refractivity (Wildman–Crippen MR) is 200 cm³/mol. The summed E-state index contributed by atoms with van der Waals surface area (Å²) in [6.45, 7) is 0. The van der Waals surface area contributed by atoms with Crippen molar-refractivity contribution in [1.29, 1.82) is 15.8 Å². The third-order valence-corrected chi connectivity index (χ3v) is 9.62. The molecule has 5 nitrogen and oxygen atoms in total. The Bertz CT molecular complexity index is 2900. The number of rotatable bonds is 4. The summed E-state index contributed by atoms with van der Waals surface area (Å²) in [6, 6.07) is 58.0. The van der Waals surface area contributed by atoms with Crippen molar-refractivity contribution in [3.63, 3.8) is 0 Å². The van der Waals surface area contributed by atoms with Crippen molar-refractivity contribution < 1.29 is 0 Å². The van der Waals surface area contributed by atoms with E-state index in [-0.39, 0.29) is 0 Å². The summed E-state index contributed by atoms with van der Waals surface area (Å²) in [6.07, 6.45) is 0. The van der Waals surface area contributed by atoms with E-state index in [2.05, 4.69) is 130 Å². The lowest BCUT2D eigenvalue weighted by molar-refractivity contribution is 1.18. The van der Waals surface area contributed by atoms with Crippen LogP contribution in [0.15, 0.2) is 152 Å². The first-order chi connectivity index (χ1) is 24.7. The Kier molecular flexibility index (Phi) is 6.56. The van der Waals surface area contributed by atoms with Gasteiger partial charge < -0.3 is 9.13 Å². The van der Waals surface area contributed by atoms with Crippen LogP contribution in [0.4, 0.5) is 0 Å². The predicted octanol–water partition coefficient (Wildman–Crippen LogP) is 10.8. The number of aromatic nitrogens is 2. The summed E-state index contributed by atoms with van der Waals surface area (Å²) >= 11 is 0. The first-order valence-electron chi connectivity index (χ1n) is 16.3. The number of nitrogens with zero attached hydrogens (tertiary/aromatic N) is 5. The maximum Gasteiger partial charge on any atom is 0.0998 e. The minimum atomic E-state index is 0.557. The molecule has 0 aliphatic rings. The van der Waals surface area contributed by atoms with Gasteiger partial charge in [0.05, 0.1) is 62.7 Å². The maximum atomic E-state index is 9.92. The molecule has 0 aliphatic heterocycles. The molecule has 7 aromatic carbocycles. The zero-order valence-electron chi connectivity index (χ0n) is 26.7. The Morgan fingerprint density at radius 2 is 1.02 bits per heavy atom. The summed E-state index contributed by atoms with van der Waals surface area (Å²) in [5, 5.41) is 33.5. The van der Waals surface area contributed by atoms with Gasteiger partial charge in [-0.25, -0.2) is 0 Å². The molecule has 0 amide bonds. The molecule has 9 aromatic rings. The van der Waals surface area contributed by atoms with Crippen LogP contribution < -0.4 is 0 Å². The average molecular weight is 636 g/mol. The zero-order chi connectivity index (χ0) is 33.8. The van der Waals surface area contributed by atoms with Crippen LogP contribution in [0, 0.1) is 34.0 Å². The first kappa shape index (κ1) is 28.8. The average Bonchev–Trinajstić information content (AvgIpc) is 3.70. The van der Waals surface area contributed by atoms with Gasteiger partial charge in [0.15, 0.2) is 0 Å². The fourth-order valence-electron chi connectivity index (χ4n) is 7.39. The van der Waals surface area contributed by atoms with Crippen molar-refractivity contribution in [1.82, 2.24) is 9.13 Å². The van der Waals surface area contributed by atoms with E-state index in [1.807, 2.05) is 48.5 Å². The molecule has 2 heterocycles. The van der Waals surface area contributed by atoms with Gasteiger partial charge in [-0.3, -0.25) is 0 Å². The molecule has 0 aliphatic carbocycles. The van der Waals surface area contributed by atoms with E-state index < -0.39 is 0 Å². The highest BCUT2D eigenvalue weighted by Gasteiger charge is 2.18. The summed E-state index contributed by atoms with van der Waals surface area (Å²) in [4.78, 5) is 0. The topological polar surface area (TPSA) is 81.2 Å². The smallest absolute Gasteiger partial charge is 0.0998 e. The minimum Gasteiger partial charge on any atom is -0.309 e. The van der Waals surface area contributed by atoms with Gasteiger partial charge in [-0.2, -0.15) is 15.8 Å². The van der Waals surface area contributed by atoms with Crippen LogP contribution >= 0.6 is 0 Å². The standard InChI is InChI=1S/C45H25N5/c46-26-29-15-21-42(50-40-12-3-1-10-36(40)37-11-2-4-13-41(37)50)38(23-29)33-8-5-7-32(25-33)31-17-19-35(20-18-31)49-43-22-16-30(27-47)24-39(43)45-34(28-48)9-6-14-44(45)49/h1-25H. The first-order valence-corrected chi connectivity index (χ1v) is 16.3. The molecule has 0 spiro atoms. The molecule has 0 fully saturated rings. The quantitative estimate of drug-likeness (QED) is 0.193. The van der Waals surface area contributed by atoms with E-state index in [9.17, 15) is 15.8 Å². The van der Waals surface area contributed by atoms with E-state index in [1.54, 1.807) is 0 Å². The molecular weight excluding hydrogens is 611 g/mol. The fraction of sp³-hybridized carbons (Fsp3) is 0. The third kappa shape index (κ3) is 4.38. The molecule has 5 heteroatoms. The Hall–Kier alpha value is -7.39. The van der Waals surface area contributed by atoms with E-state index in [0.717, 1.165) is 66.5 Å². The fourth-order valence-corrected chi connectivity index (χ4v) is 7.39. The summed E-state index contributed by atoms with van der Waals surface area (Å²) in [5.41, 5.74) is 11.9. The Morgan fingerprint density at radius 1 is 0.400 bits per heavy atom. The van der Waals surface area contributed by atoms with E-state index in [1.165, 1.54) is 10.8 Å². The molecule has 2 aromatic heterocycles. The number of para-hydroxylation sites is 2. The molecule has 9 rings (SSSR count). The molecule has 0 radical (unpaired) electrons. The molecule has 0 unspecified atom stereocenters. The van der Waals surface area contributed by atoms with Crippen LogP contribution in [-0.4, -0.2) is 9.13 Å². The highest BCUT2D eigenvalue weighted by atomic mass is 15.0. The van der Waals surface area contributed by atoms with Crippen molar-refractivity contribution in [3.05, 3.63) is 168 Å². The second kappa shape index (κ2) is 11.4. The van der Waals surface area contributed by atoms with E-state index in [4.69, 9.17) is 0 Å². The zero-order valence-corrected chi connectivity index (χ0v) is 26.7. The van der Waals surface area contributed by atoms with Gasteiger partial charge >= 0.3 is 0 Å². The van der Waals surface area contributed by atoms with Gasteiger partial charge in [0, 0.05) is 32.8 Å². The van der Waals surface area contributed by atoms with Gasteiger partial charge in [-0.15, -0.1) is 0 Å². The second-order valence-corrected chi connectivity index (χ2v) is 12.3. The highest BCUT2D eigenvalue weighted by Crippen LogP contribution is 2.39. The minimum absolute atomic E-state index is 0.557. The molecular formula is C45H25N5. The number of hydrogen-bond donors (Lipinski definition) is 0. The van der Waals surface area contributed by atoms with Crippen LogP contribution in [0.1, 0.15) is 16.7 Å². The number of benzene rings is 7. The lowest BCUT2D eigenvalue weighted by Crippen LogP contribution is -1.98. The molecule has 0 saturated heterocycles. The molecule has 0 bridgehead atoms. The van der Waals surface area contributed by atoms with Gasteiger partial charge in [0.1, 0.15) is 0 Å². The number of hydrogen-bond acceptors (Lipinski definition) is 3. The Balaban J connectivity index is 1.17. The third-order valence-electron chi connectivity index (χ3n) is 9.62. The number of nitriles is 3. The lowest BCUT2D eigenvalue weighted by Gasteiger charge is -2.15. The SMILES string of the molecule is N#Cc1ccc(-n2c3ccccc3c3ccccc32)c(-c2cccc(-c3ccc(-n4c5ccc(C#N)cc5c5c(C#N)cccc54)cc3)c2)c1. The van der Waals surface area contributed by atoms with Crippen molar-refractivity contribution in [2.24, 2.45) is 0 Å². The summed E-state index contributed by atoms with van der Waals surface area (Å²) < 4.78 is 4.45. The monoisotopic (exact) mass is 635 g/mol. The molecule has 0 N–H and O–H groups in total. The normalized spacial score (nSPS) is 11.1. The number of fused-ring (bicyclic) bond motifs is 6. The highest BCUT2D eigenvalue weighted by molar-refractivity contribution is 6.12. The van der Waals surface area contributed by atoms with Crippen molar-refractivity contribution >= 4 is 43.6 Å². The van der Waals surface area contributed by atoms with Gasteiger partial charge in [-0.1, -0.05) is 72.8 Å². The van der Waals surface area contributed by atoms with E-state index >= 15 is 0 Å². The van der Waals surface area contributed by atoms with Gasteiger partial charge in [0.2, 0.25) is 0 Å². The van der Waals surface area contributed by atoms with Gasteiger partial charge in [-0.05, 0) is 95.6 Å². The van der Waals surface area contributed by atoms with E-state index in [0.29, 0.717) is 16.7 Å². The summed E-state index contributed by atoms with van der Waals surface area (Å²) in [5.74, 6) is 0. The second-order valence-electron chi connectivity index (χ2n) is 12.3. The van der Waals surface area contributed by atoms with Crippen LogP contribution in [-0.2, 0) is 0 Å². The molecule has 50 heavy (non-hydrogen) atoms. The van der Waals surface area contributed by atoms with Crippen LogP contribution in [0.2, 0.25) is 0 Å². The Morgan fingerprint density at radius 3 is 1.74 bits per heavy atom. The molecule has 0 saturated carbocycles. The van der Waals surface area contributed by atoms with Crippen LogP contribution in [0.25, 0.3) is 77.2 Å². The van der Waals surface area contributed by atoms with Crippen molar-refractivity contribution in [3.8, 4) is 51.8 Å². The van der Waals surface area contributed by atoms with Crippen molar-refractivity contribution in [2.75, 3.05) is 0 Å². The Labute approximate surface area is 287 Å². The van der Waals surface area contributed by atoms with Crippen LogP contribution in [0.5, 0.6) is 0 Å². The molecule has 0 atom stereocenters. The molecule has 230 valence electrons. The van der Waals surface area contributed by atoms with Crippen LogP contribution in [0.3, 0.4) is 0 Å². The summed E-state index contributed by atoms with van der Waals surface area (Å²) in [7, 11) is 0. The van der Waals surface area contributed by atoms with Crippen molar-refractivity contribution in [2.45, 2.75) is 0 Å². The van der Waals surface area contributed by atoms with Gasteiger partial charge in [0.25, 0.3) is 0 Å². The maximum absolute atomic E-state index is 9.92.